The van der Waals surface area contributed by atoms with Crippen LogP contribution in [0.5, 0.6) is 0 Å². The van der Waals surface area contributed by atoms with Gasteiger partial charge in [0.2, 0.25) is 10.0 Å². The Hall–Kier alpha value is -1.63. The maximum atomic E-state index is 12.2. The van der Waals surface area contributed by atoms with Gasteiger partial charge in [0, 0.05) is 12.6 Å². The molecule has 0 spiro atoms. The second kappa shape index (κ2) is 6.43. The molecule has 1 aromatic carbocycles. The number of rotatable bonds is 6. The Morgan fingerprint density at radius 2 is 2.00 bits per heavy atom. The first-order chi connectivity index (χ1) is 9.92. The Bertz CT molecular complexity index is 720. The van der Waals surface area contributed by atoms with Gasteiger partial charge in [-0.25, -0.2) is 13.1 Å². The monoisotopic (exact) mass is 308 g/mol. The Morgan fingerprint density at radius 3 is 2.62 bits per heavy atom. The van der Waals surface area contributed by atoms with Gasteiger partial charge in [-0.2, -0.15) is 0 Å². The number of nitrogens with two attached hydrogens (primary N) is 1. The number of hydrogen-bond acceptors (Lipinski definition) is 4. The molecule has 0 radical (unpaired) electrons. The summed E-state index contributed by atoms with van der Waals surface area (Å²) in [5.41, 5.74) is 7.72. The van der Waals surface area contributed by atoms with E-state index >= 15 is 0 Å². The van der Waals surface area contributed by atoms with Crippen LogP contribution in [0.25, 0.3) is 0 Å². The Morgan fingerprint density at radius 1 is 1.24 bits per heavy atom. The molecule has 2 aromatic rings. The SMILES string of the molecule is Cc1cccc(CCNS(=O)(=O)c2cc(CN)oc2C)c1. The van der Waals surface area contributed by atoms with Gasteiger partial charge >= 0.3 is 0 Å². The van der Waals surface area contributed by atoms with Crippen LogP contribution in [0.3, 0.4) is 0 Å². The quantitative estimate of drug-likeness (QED) is 0.853. The molecule has 21 heavy (non-hydrogen) atoms. The van der Waals surface area contributed by atoms with Crippen molar-refractivity contribution in [2.45, 2.75) is 31.7 Å². The van der Waals surface area contributed by atoms with Crippen molar-refractivity contribution in [1.82, 2.24) is 4.72 Å². The second-order valence-electron chi connectivity index (χ2n) is 4.97. The van der Waals surface area contributed by atoms with Crippen molar-refractivity contribution in [2.75, 3.05) is 6.54 Å². The summed E-state index contributed by atoms with van der Waals surface area (Å²) in [6.07, 6.45) is 0.640. The average molecular weight is 308 g/mol. The molecule has 0 atom stereocenters. The summed E-state index contributed by atoms with van der Waals surface area (Å²) < 4.78 is 32.3. The third kappa shape index (κ3) is 3.93. The molecule has 1 heterocycles. The number of hydrogen-bond donors (Lipinski definition) is 2. The zero-order valence-electron chi connectivity index (χ0n) is 12.2. The van der Waals surface area contributed by atoms with Crippen LogP contribution >= 0.6 is 0 Å². The second-order valence-corrected chi connectivity index (χ2v) is 6.71. The van der Waals surface area contributed by atoms with Crippen molar-refractivity contribution >= 4 is 10.0 Å². The molecule has 0 amide bonds. The molecule has 0 fully saturated rings. The number of nitrogens with one attached hydrogen (secondary N) is 1. The largest absolute Gasteiger partial charge is 0.464 e. The molecule has 6 heteroatoms. The first-order valence-corrected chi connectivity index (χ1v) is 8.25. The Labute approximate surface area is 125 Å². The van der Waals surface area contributed by atoms with Gasteiger partial charge in [-0.05, 0) is 25.8 Å². The predicted molar refractivity (Wildman–Crippen MR) is 81.4 cm³/mol. The lowest BCUT2D eigenvalue weighted by Gasteiger charge is -2.06. The standard InChI is InChI=1S/C15H20N2O3S/c1-11-4-3-5-13(8-11)6-7-17-21(18,19)15-9-14(10-16)20-12(15)2/h3-5,8-9,17H,6-7,10,16H2,1-2H3. The molecule has 0 saturated carbocycles. The minimum Gasteiger partial charge on any atom is -0.464 e. The molecule has 0 unspecified atom stereocenters. The minimum atomic E-state index is -3.56. The average Bonchev–Trinajstić information content (AvgIpc) is 2.81. The summed E-state index contributed by atoms with van der Waals surface area (Å²) in [4.78, 5) is 0.159. The summed E-state index contributed by atoms with van der Waals surface area (Å²) in [7, 11) is -3.56. The summed E-state index contributed by atoms with van der Waals surface area (Å²) >= 11 is 0. The third-order valence-electron chi connectivity index (χ3n) is 3.20. The van der Waals surface area contributed by atoms with Crippen molar-refractivity contribution in [1.29, 1.82) is 0 Å². The van der Waals surface area contributed by atoms with Crippen LogP contribution in [0.4, 0.5) is 0 Å². The van der Waals surface area contributed by atoms with Gasteiger partial charge in [0.1, 0.15) is 16.4 Å². The first kappa shape index (κ1) is 15.8. The van der Waals surface area contributed by atoms with E-state index in [0.717, 1.165) is 11.1 Å². The van der Waals surface area contributed by atoms with Crippen molar-refractivity contribution < 1.29 is 12.8 Å². The zero-order valence-corrected chi connectivity index (χ0v) is 13.0. The number of furan rings is 1. The van der Waals surface area contributed by atoms with Crippen LogP contribution in [0.15, 0.2) is 39.6 Å². The smallest absolute Gasteiger partial charge is 0.244 e. The van der Waals surface area contributed by atoms with E-state index in [1.807, 2.05) is 31.2 Å². The minimum absolute atomic E-state index is 0.159. The number of benzene rings is 1. The van der Waals surface area contributed by atoms with Crippen LogP contribution in [0.1, 0.15) is 22.6 Å². The fourth-order valence-electron chi connectivity index (χ4n) is 2.17. The first-order valence-electron chi connectivity index (χ1n) is 6.77. The van der Waals surface area contributed by atoms with E-state index < -0.39 is 10.0 Å². The summed E-state index contributed by atoms with van der Waals surface area (Å²) in [5, 5.41) is 0. The van der Waals surface area contributed by atoms with E-state index in [0.29, 0.717) is 24.5 Å². The lowest BCUT2D eigenvalue weighted by atomic mass is 10.1. The highest BCUT2D eigenvalue weighted by atomic mass is 32.2. The van der Waals surface area contributed by atoms with E-state index in [1.54, 1.807) is 6.92 Å². The maximum Gasteiger partial charge on any atom is 0.244 e. The van der Waals surface area contributed by atoms with Crippen molar-refractivity contribution in [2.24, 2.45) is 5.73 Å². The fraction of sp³-hybridized carbons (Fsp3) is 0.333. The van der Waals surface area contributed by atoms with Gasteiger partial charge in [-0.15, -0.1) is 0 Å². The highest BCUT2D eigenvalue weighted by Gasteiger charge is 2.20. The van der Waals surface area contributed by atoms with Crippen molar-refractivity contribution in [3.63, 3.8) is 0 Å². The van der Waals surface area contributed by atoms with Crippen molar-refractivity contribution in [3.05, 3.63) is 53.0 Å². The van der Waals surface area contributed by atoms with E-state index in [4.69, 9.17) is 10.2 Å². The van der Waals surface area contributed by atoms with Crippen LogP contribution in [0, 0.1) is 13.8 Å². The predicted octanol–water partition coefficient (Wildman–Crippen LogP) is 1.88. The van der Waals surface area contributed by atoms with Crippen molar-refractivity contribution in [3.8, 4) is 0 Å². The lowest BCUT2D eigenvalue weighted by Crippen LogP contribution is -2.26. The molecule has 0 saturated heterocycles. The van der Waals surface area contributed by atoms with Crippen LogP contribution in [0.2, 0.25) is 0 Å². The van der Waals surface area contributed by atoms with Gasteiger partial charge in [0.15, 0.2) is 0 Å². The molecule has 0 aliphatic carbocycles. The molecule has 0 aliphatic rings. The fourth-order valence-corrected chi connectivity index (χ4v) is 3.40. The van der Waals surface area contributed by atoms with E-state index in [9.17, 15) is 8.42 Å². The van der Waals surface area contributed by atoms with Crippen LogP contribution in [-0.2, 0) is 23.0 Å². The van der Waals surface area contributed by atoms with E-state index in [1.165, 1.54) is 6.07 Å². The Kier molecular flexibility index (Phi) is 4.82. The molecule has 3 N–H and O–H groups in total. The topological polar surface area (TPSA) is 85.3 Å². The normalized spacial score (nSPS) is 11.8. The Balaban J connectivity index is 2.03. The molecule has 0 bridgehead atoms. The van der Waals surface area contributed by atoms with Crippen LogP contribution in [-0.4, -0.2) is 15.0 Å². The third-order valence-corrected chi connectivity index (χ3v) is 4.77. The highest BCUT2D eigenvalue weighted by Crippen LogP contribution is 2.19. The highest BCUT2D eigenvalue weighted by molar-refractivity contribution is 7.89. The number of aryl methyl sites for hydroxylation is 2. The van der Waals surface area contributed by atoms with Gasteiger partial charge < -0.3 is 10.2 Å². The van der Waals surface area contributed by atoms with E-state index in [2.05, 4.69) is 4.72 Å². The van der Waals surface area contributed by atoms with Gasteiger partial charge in [0.25, 0.3) is 0 Å². The lowest BCUT2D eigenvalue weighted by molar-refractivity contribution is 0.478. The van der Waals surface area contributed by atoms with E-state index in [-0.39, 0.29) is 11.4 Å². The molecular weight excluding hydrogens is 288 g/mol. The summed E-state index contributed by atoms with van der Waals surface area (Å²) in [5.74, 6) is 0.824. The molecule has 5 nitrogen and oxygen atoms in total. The van der Waals surface area contributed by atoms with Gasteiger partial charge in [-0.3, -0.25) is 0 Å². The zero-order chi connectivity index (χ0) is 15.5. The number of sulfonamides is 1. The maximum absolute atomic E-state index is 12.2. The molecule has 114 valence electrons. The molecule has 1 aromatic heterocycles. The summed E-state index contributed by atoms with van der Waals surface area (Å²) in [6, 6.07) is 9.48. The molecule has 0 aliphatic heterocycles. The summed E-state index contributed by atoms with van der Waals surface area (Å²) in [6.45, 7) is 4.15. The molecule has 2 rings (SSSR count). The van der Waals surface area contributed by atoms with Gasteiger partial charge in [0.05, 0.1) is 6.54 Å². The van der Waals surface area contributed by atoms with Gasteiger partial charge in [-0.1, -0.05) is 29.8 Å². The van der Waals surface area contributed by atoms with Crippen LogP contribution < -0.4 is 10.5 Å². The molecular formula is C15H20N2O3S.